The minimum absolute atomic E-state index is 0.0840. The first-order valence-electron chi connectivity index (χ1n) is 8.85. The zero-order valence-corrected chi connectivity index (χ0v) is 15.4. The monoisotopic (exact) mass is 372 g/mol. The minimum Gasteiger partial charge on any atom is -0.352 e. The molecule has 3 aromatic rings. The normalized spacial score (nSPS) is 14.9. The van der Waals surface area contributed by atoms with Crippen molar-refractivity contribution in [1.82, 2.24) is 24.4 Å². The molecule has 0 saturated carbocycles. The summed E-state index contributed by atoms with van der Waals surface area (Å²) in [6, 6.07) is 9.90. The van der Waals surface area contributed by atoms with Gasteiger partial charge in [0, 0.05) is 32.7 Å². The van der Waals surface area contributed by atoms with E-state index in [-0.39, 0.29) is 11.0 Å². The van der Waals surface area contributed by atoms with Crippen molar-refractivity contribution in [2.24, 2.45) is 0 Å². The van der Waals surface area contributed by atoms with Gasteiger partial charge in [-0.05, 0) is 24.1 Å². The van der Waals surface area contributed by atoms with E-state index in [0.29, 0.717) is 18.7 Å². The van der Waals surface area contributed by atoms with Gasteiger partial charge in [0.2, 0.25) is 5.28 Å². The van der Waals surface area contributed by atoms with Crippen LogP contribution in [0.5, 0.6) is 0 Å². The summed E-state index contributed by atoms with van der Waals surface area (Å²) in [5.74, 6) is 0.743. The minimum atomic E-state index is -0.0840. The molecule has 0 radical (unpaired) electrons. The lowest BCUT2D eigenvalue weighted by atomic mass is 10.2. The molecule has 0 bridgehead atoms. The molecular weight excluding hydrogens is 352 g/mol. The predicted molar refractivity (Wildman–Crippen MR) is 103 cm³/mol. The molecule has 8 heteroatoms. The zero-order chi connectivity index (χ0) is 18.1. The standard InChI is InChI=1S/C18H21ClN6O/c1-2-24-14-15(23-10-8-20-9-11-23)21-17(19)22-16(14)25(18(24)26)12-13-6-4-3-5-7-13/h3-7,20H,2,8-12H2,1H3. The smallest absolute Gasteiger partial charge is 0.330 e. The summed E-state index contributed by atoms with van der Waals surface area (Å²) in [4.78, 5) is 24.1. The van der Waals surface area contributed by atoms with Crippen LogP contribution in [0, 0.1) is 0 Å². The molecule has 1 aliphatic rings. The summed E-state index contributed by atoms with van der Waals surface area (Å²) in [5.41, 5.74) is 2.32. The van der Waals surface area contributed by atoms with Crippen molar-refractivity contribution in [1.29, 1.82) is 0 Å². The Morgan fingerprint density at radius 3 is 2.54 bits per heavy atom. The summed E-state index contributed by atoms with van der Waals surface area (Å²) in [6.07, 6.45) is 0. The predicted octanol–water partition coefficient (Wildman–Crippen LogP) is 1.72. The van der Waals surface area contributed by atoms with Gasteiger partial charge in [0.05, 0.1) is 6.54 Å². The molecule has 1 N–H and O–H groups in total. The third-order valence-electron chi connectivity index (χ3n) is 4.72. The Kier molecular flexibility index (Phi) is 4.65. The first-order valence-corrected chi connectivity index (χ1v) is 9.23. The second-order valence-corrected chi connectivity index (χ2v) is 6.66. The highest BCUT2D eigenvalue weighted by atomic mass is 35.5. The molecule has 7 nitrogen and oxygen atoms in total. The van der Waals surface area contributed by atoms with Gasteiger partial charge in [-0.25, -0.2) is 4.79 Å². The van der Waals surface area contributed by atoms with Gasteiger partial charge < -0.3 is 10.2 Å². The molecule has 136 valence electrons. The maximum atomic E-state index is 13.1. The Labute approximate surface area is 156 Å². The Bertz CT molecular complexity index is 975. The number of benzene rings is 1. The lowest BCUT2D eigenvalue weighted by Crippen LogP contribution is -2.44. The van der Waals surface area contributed by atoms with Crippen LogP contribution in [0.2, 0.25) is 5.28 Å². The fourth-order valence-corrected chi connectivity index (χ4v) is 3.63. The van der Waals surface area contributed by atoms with Crippen LogP contribution in [-0.2, 0) is 13.1 Å². The van der Waals surface area contributed by atoms with Crippen LogP contribution in [0.3, 0.4) is 0 Å². The van der Waals surface area contributed by atoms with Gasteiger partial charge in [-0.3, -0.25) is 9.13 Å². The van der Waals surface area contributed by atoms with Crippen molar-refractivity contribution in [3.05, 3.63) is 51.7 Å². The fraction of sp³-hybridized carbons (Fsp3) is 0.389. The number of anilines is 1. The first-order chi connectivity index (χ1) is 12.7. The second kappa shape index (κ2) is 7.09. The summed E-state index contributed by atoms with van der Waals surface area (Å²) in [5, 5.41) is 3.50. The number of rotatable bonds is 4. The van der Waals surface area contributed by atoms with E-state index in [9.17, 15) is 4.79 Å². The Balaban J connectivity index is 1.92. The highest BCUT2D eigenvalue weighted by Crippen LogP contribution is 2.26. The van der Waals surface area contributed by atoms with E-state index < -0.39 is 0 Å². The zero-order valence-electron chi connectivity index (χ0n) is 14.7. The SMILES string of the molecule is CCn1c(=O)n(Cc2ccccc2)c2nc(Cl)nc(N3CCNCC3)c21. The van der Waals surface area contributed by atoms with E-state index in [4.69, 9.17) is 11.6 Å². The highest BCUT2D eigenvalue weighted by Gasteiger charge is 2.23. The third-order valence-corrected chi connectivity index (χ3v) is 4.89. The van der Waals surface area contributed by atoms with E-state index in [2.05, 4.69) is 20.2 Å². The molecule has 4 rings (SSSR count). The van der Waals surface area contributed by atoms with Gasteiger partial charge in [-0.15, -0.1) is 0 Å². The number of nitrogens with one attached hydrogen (secondary N) is 1. The molecule has 26 heavy (non-hydrogen) atoms. The number of nitrogens with zero attached hydrogens (tertiary/aromatic N) is 5. The van der Waals surface area contributed by atoms with Crippen molar-refractivity contribution in [2.75, 3.05) is 31.1 Å². The second-order valence-electron chi connectivity index (χ2n) is 6.32. The van der Waals surface area contributed by atoms with Gasteiger partial charge in [0.15, 0.2) is 11.5 Å². The van der Waals surface area contributed by atoms with E-state index in [0.717, 1.165) is 43.1 Å². The molecule has 0 spiro atoms. The van der Waals surface area contributed by atoms with Crippen LogP contribution in [0.4, 0.5) is 5.82 Å². The van der Waals surface area contributed by atoms with Gasteiger partial charge >= 0.3 is 5.69 Å². The maximum Gasteiger partial charge on any atom is 0.330 e. The largest absolute Gasteiger partial charge is 0.352 e. The van der Waals surface area contributed by atoms with Gasteiger partial charge in [-0.2, -0.15) is 9.97 Å². The maximum absolute atomic E-state index is 13.1. The van der Waals surface area contributed by atoms with Crippen LogP contribution < -0.4 is 15.9 Å². The number of aromatic nitrogens is 4. The van der Waals surface area contributed by atoms with Gasteiger partial charge in [0.25, 0.3) is 0 Å². The Hall–Kier alpha value is -2.38. The van der Waals surface area contributed by atoms with Crippen molar-refractivity contribution >= 4 is 28.6 Å². The van der Waals surface area contributed by atoms with Crippen molar-refractivity contribution in [3.63, 3.8) is 0 Å². The molecule has 1 saturated heterocycles. The molecule has 0 atom stereocenters. The van der Waals surface area contributed by atoms with E-state index >= 15 is 0 Å². The summed E-state index contributed by atoms with van der Waals surface area (Å²) in [7, 11) is 0. The fourth-order valence-electron chi connectivity index (χ4n) is 3.47. The molecule has 0 aliphatic carbocycles. The van der Waals surface area contributed by atoms with Crippen molar-refractivity contribution in [2.45, 2.75) is 20.0 Å². The van der Waals surface area contributed by atoms with Crippen LogP contribution in [-0.4, -0.2) is 45.3 Å². The molecule has 0 amide bonds. The summed E-state index contributed by atoms with van der Waals surface area (Å²) in [6.45, 7) is 6.38. The number of hydrogen-bond donors (Lipinski definition) is 1. The highest BCUT2D eigenvalue weighted by molar-refractivity contribution is 6.28. The number of halogens is 1. The Morgan fingerprint density at radius 2 is 1.85 bits per heavy atom. The van der Waals surface area contributed by atoms with Crippen LogP contribution in [0.1, 0.15) is 12.5 Å². The average Bonchev–Trinajstić information content (AvgIpc) is 2.94. The average molecular weight is 373 g/mol. The van der Waals surface area contributed by atoms with Crippen molar-refractivity contribution in [3.8, 4) is 0 Å². The van der Waals surface area contributed by atoms with Gasteiger partial charge in [0.1, 0.15) is 5.52 Å². The van der Waals surface area contributed by atoms with E-state index in [1.807, 2.05) is 37.3 Å². The Morgan fingerprint density at radius 1 is 1.12 bits per heavy atom. The van der Waals surface area contributed by atoms with E-state index in [1.54, 1.807) is 9.13 Å². The summed E-state index contributed by atoms with van der Waals surface area (Å²) < 4.78 is 3.43. The lowest BCUT2D eigenvalue weighted by molar-refractivity contribution is 0.584. The number of fused-ring (bicyclic) bond motifs is 1. The van der Waals surface area contributed by atoms with Crippen LogP contribution >= 0.6 is 11.6 Å². The third kappa shape index (κ3) is 2.97. The lowest BCUT2D eigenvalue weighted by Gasteiger charge is -2.28. The molecule has 1 aromatic carbocycles. The van der Waals surface area contributed by atoms with E-state index in [1.165, 1.54) is 0 Å². The van der Waals surface area contributed by atoms with Crippen molar-refractivity contribution < 1.29 is 0 Å². The number of piperazine rings is 1. The molecule has 2 aromatic heterocycles. The first kappa shape index (κ1) is 17.1. The molecule has 0 unspecified atom stereocenters. The number of hydrogen-bond acceptors (Lipinski definition) is 5. The van der Waals surface area contributed by atoms with Crippen LogP contribution in [0.15, 0.2) is 35.1 Å². The van der Waals surface area contributed by atoms with Crippen LogP contribution in [0.25, 0.3) is 11.2 Å². The molecule has 1 aliphatic heterocycles. The molecule has 3 heterocycles. The number of imidazole rings is 1. The topological polar surface area (TPSA) is 68.0 Å². The molecular formula is C18H21ClN6O. The van der Waals surface area contributed by atoms with Gasteiger partial charge in [-0.1, -0.05) is 30.3 Å². The summed E-state index contributed by atoms with van der Waals surface area (Å²) >= 11 is 6.23. The number of aryl methyl sites for hydroxylation is 1. The quantitative estimate of drug-likeness (QED) is 0.706. The molecule has 1 fully saturated rings.